The number of rotatable bonds is 12. The third-order valence-corrected chi connectivity index (χ3v) is 6.58. The van der Waals surface area contributed by atoms with E-state index in [0.29, 0.717) is 35.8 Å². The van der Waals surface area contributed by atoms with Crippen LogP contribution in [-0.2, 0) is 27.4 Å². The van der Waals surface area contributed by atoms with Crippen molar-refractivity contribution in [2.75, 3.05) is 6.79 Å². The summed E-state index contributed by atoms with van der Waals surface area (Å²) in [6, 6.07) is 20.2. The predicted octanol–water partition coefficient (Wildman–Crippen LogP) is 5.21. The van der Waals surface area contributed by atoms with Crippen molar-refractivity contribution in [3.8, 4) is 17.2 Å². The maximum atomic E-state index is 13.6. The summed E-state index contributed by atoms with van der Waals surface area (Å²) in [5.74, 6) is 0.351. The zero-order valence-corrected chi connectivity index (χ0v) is 25.3. The minimum atomic E-state index is -0.972. The molecule has 9 nitrogen and oxygen atoms in total. The van der Waals surface area contributed by atoms with Crippen LogP contribution in [0.25, 0.3) is 0 Å². The van der Waals surface area contributed by atoms with Crippen LogP contribution in [0.15, 0.2) is 72.8 Å². The van der Waals surface area contributed by atoms with Crippen LogP contribution in [0.4, 0.5) is 0 Å². The highest BCUT2D eigenvalue weighted by Crippen LogP contribution is 2.32. The van der Waals surface area contributed by atoms with Gasteiger partial charge in [0.05, 0.1) is 0 Å². The van der Waals surface area contributed by atoms with Gasteiger partial charge in [-0.25, -0.2) is 4.79 Å². The number of esters is 1. The summed E-state index contributed by atoms with van der Waals surface area (Å²) >= 11 is 0. The highest BCUT2D eigenvalue weighted by molar-refractivity contribution is 5.98. The van der Waals surface area contributed by atoms with E-state index in [1.165, 1.54) is 0 Å². The molecule has 228 valence electrons. The van der Waals surface area contributed by atoms with Crippen LogP contribution in [-0.4, -0.2) is 42.3 Å². The second-order valence-corrected chi connectivity index (χ2v) is 11.9. The normalized spacial score (nSPS) is 13.6. The van der Waals surface area contributed by atoms with E-state index in [0.717, 1.165) is 11.1 Å². The molecule has 9 heteroatoms. The number of hydrogen-bond acceptors (Lipinski definition) is 7. The topological polar surface area (TPSA) is 112 Å². The number of benzene rings is 3. The van der Waals surface area contributed by atoms with Crippen molar-refractivity contribution in [1.29, 1.82) is 0 Å². The first-order chi connectivity index (χ1) is 20.5. The van der Waals surface area contributed by atoms with Crippen molar-refractivity contribution in [2.45, 2.75) is 71.8 Å². The van der Waals surface area contributed by atoms with E-state index in [2.05, 4.69) is 10.6 Å². The fraction of sp³-hybridized carbons (Fsp3) is 0.382. The van der Waals surface area contributed by atoms with E-state index in [1.54, 1.807) is 39.0 Å². The third kappa shape index (κ3) is 9.49. The molecule has 43 heavy (non-hydrogen) atoms. The van der Waals surface area contributed by atoms with E-state index in [-0.39, 0.29) is 19.1 Å². The molecule has 1 heterocycles. The maximum absolute atomic E-state index is 13.6. The van der Waals surface area contributed by atoms with Gasteiger partial charge in [0.25, 0.3) is 5.91 Å². The summed E-state index contributed by atoms with van der Waals surface area (Å²) in [5, 5.41) is 5.68. The summed E-state index contributed by atoms with van der Waals surface area (Å²) in [7, 11) is 0. The number of amides is 2. The number of ether oxygens (including phenoxy) is 4. The third-order valence-electron chi connectivity index (χ3n) is 6.58. The molecule has 0 saturated carbocycles. The predicted molar refractivity (Wildman–Crippen MR) is 162 cm³/mol. The Morgan fingerprint density at radius 3 is 2.21 bits per heavy atom. The molecule has 0 fully saturated rings. The van der Waals surface area contributed by atoms with E-state index in [1.807, 2.05) is 68.4 Å². The van der Waals surface area contributed by atoms with Crippen LogP contribution >= 0.6 is 0 Å². The van der Waals surface area contributed by atoms with Gasteiger partial charge in [0.2, 0.25) is 12.7 Å². The van der Waals surface area contributed by atoms with E-state index in [4.69, 9.17) is 18.9 Å². The Labute approximate surface area is 252 Å². The van der Waals surface area contributed by atoms with Crippen molar-refractivity contribution in [3.63, 3.8) is 0 Å². The average Bonchev–Trinajstić information content (AvgIpc) is 3.43. The van der Waals surface area contributed by atoms with Crippen LogP contribution in [0.2, 0.25) is 0 Å². The first-order valence-corrected chi connectivity index (χ1v) is 14.5. The largest absolute Gasteiger partial charge is 0.489 e. The van der Waals surface area contributed by atoms with Gasteiger partial charge in [-0.15, -0.1) is 0 Å². The molecule has 0 bridgehead atoms. The smallest absolute Gasteiger partial charge is 0.329 e. The summed E-state index contributed by atoms with van der Waals surface area (Å²) in [6.07, 6.45) is 0.570. The number of hydrogen-bond donors (Lipinski definition) is 2. The van der Waals surface area contributed by atoms with Gasteiger partial charge in [-0.1, -0.05) is 56.3 Å². The van der Waals surface area contributed by atoms with E-state index in [9.17, 15) is 14.4 Å². The molecule has 1 aliphatic heterocycles. The molecule has 2 amide bonds. The number of carbonyl (C=O) groups is 3. The van der Waals surface area contributed by atoms with Crippen molar-refractivity contribution < 1.29 is 33.3 Å². The highest BCUT2D eigenvalue weighted by Gasteiger charge is 2.31. The Kier molecular flexibility index (Phi) is 10.3. The molecule has 2 N–H and O–H groups in total. The number of carbonyl (C=O) groups excluding carboxylic acids is 3. The molecule has 1 aliphatic rings. The van der Waals surface area contributed by atoms with Crippen molar-refractivity contribution in [2.24, 2.45) is 5.92 Å². The second kappa shape index (κ2) is 14.1. The van der Waals surface area contributed by atoms with Crippen molar-refractivity contribution in [1.82, 2.24) is 10.6 Å². The molecule has 0 aliphatic carbocycles. The quantitative estimate of drug-likeness (QED) is 0.280. The van der Waals surface area contributed by atoms with Crippen LogP contribution in [0.3, 0.4) is 0 Å². The van der Waals surface area contributed by atoms with Gasteiger partial charge < -0.3 is 29.6 Å². The fourth-order valence-corrected chi connectivity index (χ4v) is 4.52. The summed E-state index contributed by atoms with van der Waals surface area (Å²) in [6.45, 7) is 9.77. The van der Waals surface area contributed by atoms with Crippen molar-refractivity contribution in [3.05, 3.63) is 89.5 Å². The molecule has 3 aromatic carbocycles. The molecule has 4 rings (SSSR count). The lowest BCUT2D eigenvalue weighted by Crippen LogP contribution is -2.53. The first kappa shape index (κ1) is 31.4. The van der Waals surface area contributed by atoms with E-state index >= 15 is 0 Å². The summed E-state index contributed by atoms with van der Waals surface area (Å²) in [5.41, 5.74) is 1.46. The molecule has 0 saturated heterocycles. The van der Waals surface area contributed by atoms with Gasteiger partial charge in [0.1, 0.15) is 30.0 Å². The molecule has 0 aromatic heterocycles. The van der Waals surface area contributed by atoms with Gasteiger partial charge in [-0.3, -0.25) is 9.59 Å². The standard InChI is InChI=1S/C34H40N2O7/c1-22(2)17-27(35-31(37)25-13-16-29-30(19-25)42-21-41-29)32(38)36-28(33(39)43-34(3,4)5)18-23-11-14-26(15-12-23)40-20-24-9-7-6-8-10-24/h6-16,19,22,27-28H,17-18,20-21H2,1-5H3,(H,35,37)(H,36,38). The fourth-order valence-electron chi connectivity index (χ4n) is 4.52. The SMILES string of the molecule is CC(C)CC(NC(=O)c1ccc2c(c1)OCO2)C(=O)NC(Cc1ccc(OCc2ccccc2)cc1)C(=O)OC(C)(C)C. The Morgan fingerprint density at radius 1 is 0.837 bits per heavy atom. The maximum Gasteiger partial charge on any atom is 0.329 e. The van der Waals surface area contributed by atoms with E-state index < -0.39 is 35.5 Å². The summed E-state index contributed by atoms with van der Waals surface area (Å²) < 4.78 is 22.2. The molecule has 2 atom stereocenters. The second-order valence-electron chi connectivity index (χ2n) is 11.9. The molecule has 3 aromatic rings. The number of fused-ring (bicyclic) bond motifs is 1. The first-order valence-electron chi connectivity index (χ1n) is 14.5. The van der Waals surface area contributed by atoms with Gasteiger partial charge in [0, 0.05) is 12.0 Å². The Hall–Kier alpha value is -4.53. The lowest BCUT2D eigenvalue weighted by molar-refractivity contribution is -0.158. The molecular formula is C34H40N2O7. The van der Waals surface area contributed by atoms with Gasteiger partial charge >= 0.3 is 5.97 Å². The molecule has 0 radical (unpaired) electrons. The number of nitrogens with one attached hydrogen (secondary N) is 2. The monoisotopic (exact) mass is 588 g/mol. The summed E-state index contributed by atoms with van der Waals surface area (Å²) in [4.78, 5) is 40.0. The van der Waals surface area contributed by atoms with Gasteiger partial charge in [0.15, 0.2) is 11.5 Å². The van der Waals surface area contributed by atoms with Crippen LogP contribution in [0.1, 0.15) is 62.5 Å². The Bertz CT molecular complexity index is 1400. The zero-order chi connectivity index (χ0) is 31.0. The molecule has 2 unspecified atom stereocenters. The van der Waals surface area contributed by atoms with Crippen LogP contribution in [0, 0.1) is 5.92 Å². The van der Waals surface area contributed by atoms with Gasteiger partial charge in [-0.05, 0) is 74.6 Å². The Morgan fingerprint density at radius 2 is 1.53 bits per heavy atom. The average molecular weight is 589 g/mol. The highest BCUT2D eigenvalue weighted by atomic mass is 16.7. The lowest BCUT2D eigenvalue weighted by atomic mass is 10.0. The molecule has 0 spiro atoms. The van der Waals surface area contributed by atoms with Crippen LogP contribution < -0.4 is 24.8 Å². The zero-order valence-electron chi connectivity index (χ0n) is 25.3. The lowest BCUT2D eigenvalue weighted by Gasteiger charge is -2.27. The van der Waals surface area contributed by atoms with Crippen molar-refractivity contribution >= 4 is 17.8 Å². The molecular weight excluding hydrogens is 548 g/mol. The minimum absolute atomic E-state index is 0.0915. The Balaban J connectivity index is 1.45. The van der Waals surface area contributed by atoms with Gasteiger partial charge in [-0.2, -0.15) is 0 Å². The van der Waals surface area contributed by atoms with Crippen LogP contribution in [0.5, 0.6) is 17.2 Å². The minimum Gasteiger partial charge on any atom is -0.489 e.